The predicted octanol–water partition coefficient (Wildman–Crippen LogP) is 2.69. The van der Waals surface area contributed by atoms with Crippen LogP contribution in [0.3, 0.4) is 0 Å². The first-order valence-electron chi connectivity index (χ1n) is 4.60. The monoisotopic (exact) mass is 271 g/mol. The Hall–Kier alpha value is -1.59. The summed E-state index contributed by atoms with van der Waals surface area (Å²) in [5, 5.41) is 16.0. The quantitative estimate of drug-likeness (QED) is 0.824. The first-order valence-corrected chi connectivity index (χ1v) is 5.36. The molecule has 1 heterocycles. The Morgan fingerprint density at radius 3 is 2.41 bits per heavy atom. The van der Waals surface area contributed by atoms with Crippen molar-refractivity contribution in [3.63, 3.8) is 0 Å². The Labute approximate surface area is 106 Å². The van der Waals surface area contributed by atoms with Gasteiger partial charge in [-0.05, 0) is 12.1 Å². The number of aromatic amines is 1. The number of phenolic OH excluding ortho intramolecular Hbond substituents is 1. The fourth-order valence-electron chi connectivity index (χ4n) is 1.24. The Balaban J connectivity index is 2.49. The van der Waals surface area contributed by atoms with Gasteiger partial charge < -0.3 is 5.11 Å². The van der Waals surface area contributed by atoms with Crippen molar-refractivity contribution < 1.29 is 9.90 Å². The number of hydrogen-bond acceptors (Lipinski definition) is 4. The van der Waals surface area contributed by atoms with Crippen molar-refractivity contribution in [3.8, 4) is 17.1 Å². The lowest BCUT2D eigenvalue weighted by Crippen LogP contribution is -1.94. The van der Waals surface area contributed by atoms with Crippen LogP contribution in [0.5, 0.6) is 5.75 Å². The van der Waals surface area contributed by atoms with Gasteiger partial charge >= 0.3 is 0 Å². The van der Waals surface area contributed by atoms with Gasteiger partial charge in [0.25, 0.3) is 0 Å². The van der Waals surface area contributed by atoms with Gasteiger partial charge in [0, 0.05) is 12.5 Å². The van der Waals surface area contributed by atoms with Crippen LogP contribution in [0.2, 0.25) is 10.0 Å². The van der Waals surface area contributed by atoms with Crippen LogP contribution in [-0.4, -0.2) is 26.1 Å². The van der Waals surface area contributed by atoms with Gasteiger partial charge in [0.2, 0.25) is 0 Å². The van der Waals surface area contributed by atoms with Crippen LogP contribution >= 0.6 is 23.2 Å². The van der Waals surface area contributed by atoms with Crippen LogP contribution in [0.25, 0.3) is 11.4 Å². The topological polar surface area (TPSA) is 78.9 Å². The van der Waals surface area contributed by atoms with E-state index in [1.807, 2.05) is 0 Å². The average Bonchev–Trinajstić information content (AvgIpc) is 2.74. The molecule has 0 bridgehead atoms. The fourth-order valence-corrected chi connectivity index (χ4v) is 1.73. The van der Waals surface area contributed by atoms with Crippen LogP contribution in [0, 0.1) is 0 Å². The maximum Gasteiger partial charge on any atom is 0.196 e. The molecule has 0 fully saturated rings. The SMILES string of the molecule is CC(=O)c1nc(-c2cc(Cl)c(O)c(Cl)c2)n[nH]1. The first-order chi connectivity index (χ1) is 7.99. The molecule has 2 aromatic rings. The minimum atomic E-state index is -0.222. The molecule has 2 rings (SSSR count). The van der Waals surface area contributed by atoms with Gasteiger partial charge in [0.15, 0.2) is 23.2 Å². The largest absolute Gasteiger partial charge is 0.505 e. The number of carbonyl (C=O) groups is 1. The summed E-state index contributed by atoms with van der Waals surface area (Å²) >= 11 is 11.5. The number of nitrogens with one attached hydrogen (secondary N) is 1. The number of phenols is 1. The minimum absolute atomic E-state index is 0.0988. The number of carbonyl (C=O) groups excluding carboxylic acids is 1. The van der Waals surface area contributed by atoms with Gasteiger partial charge in [-0.3, -0.25) is 9.89 Å². The van der Waals surface area contributed by atoms with E-state index in [0.29, 0.717) is 11.4 Å². The third-order valence-electron chi connectivity index (χ3n) is 2.09. The zero-order valence-corrected chi connectivity index (χ0v) is 10.2. The molecule has 17 heavy (non-hydrogen) atoms. The lowest BCUT2D eigenvalue weighted by molar-refractivity contribution is 0.100. The number of hydrogen-bond donors (Lipinski definition) is 2. The molecule has 1 aromatic carbocycles. The number of rotatable bonds is 2. The van der Waals surface area contributed by atoms with Crippen molar-refractivity contribution in [2.24, 2.45) is 0 Å². The molecule has 0 spiro atoms. The Morgan fingerprint density at radius 1 is 1.35 bits per heavy atom. The lowest BCUT2D eigenvalue weighted by Gasteiger charge is -2.01. The molecule has 2 N–H and O–H groups in total. The second-order valence-corrected chi connectivity index (χ2v) is 4.17. The molecular formula is C10H7Cl2N3O2. The summed E-state index contributed by atoms with van der Waals surface area (Å²) in [4.78, 5) is 15.0. The van der Waals surface area contributed by atoms with Gasteiger partial charge in [0.1, 0.15) is 0 Å². The highest BCUT2D eigenvalue weighted by Crippen LogP contribution is 2.35. The Kier molecular flexibility index (Phi) is 3.04. The molecule has 0 saturated heterocycles. The third-order valence-corrected chi connectivity index (χ3v) is 2.67. The summed E-state index contributed by atoms with van der Waals surface area (Å²) in [7, 11) is 0. The van der Waals surface area contributed by atoms with E-state index in [1.165, 1.54) is 19.1 Å². The molecule has 0 atom stereocenters. The van der Waals surface area contributed by atoms with Gasteiger partial charge in [0.05, 0.1) is 10.0 Å². The molecule has 0 unspecified atom stereocenters. The highest BCUT2D eigenvalue weighted by Gasteiger charge is 2.13. The summed E-state index contributed by atoms with van der Waals surface area (Å²) in [6, 6.07) is 2.94. The highest BCUT2D eigenvalue weighted by atomic mass is 35.5. The number of ketones is 1. The van der Waals surface area contributed by atoms with Crippen LogP contribution in [0.15, 0.2) is 12.1 Å². The maximum absolute atomic E-state index is 11.1. The zero-order valence-electron chi connectivity index (χ0n) is 8.66. The predicted molar refractivity (Wildman–Crippen MR) is 63.5 cm³/mol. The molecule has 0 aliphatic carbocycles. The number of halogens is 2. The maximum atomic E-state index is 11.1. The van der Waals surface area contributed by atoms with E-state index in [-0.39, 0.29) is 27.4 Å². The molecule has 0 saturated carbocycles. The molecule has 0 radical (unpaired) electrons. The van der Waals surface area contributed by atoms with Crippen molar-refractivity contribution in [2.75, 3.05) is 0 Å². The van der Waals surface area contributed by atoms with E-state index in [0.717, 1.165) is 0 Å². The van der Waals surface area contributed by atoms with E-state index < -0.39 is 0 Å². The van der Waals surface area contributed by atoms with Crippen molar-refractivity contribution in [3.05, 3.63) is 28.0 Å². The minimum Gasteiger partial charge on any atom is -0.505 e. The Morgan fingerprint density at radius 2 is 1.94 bits per heavy atom. The summed E-state index contributed by atoms with van der Waals surface area (Å²) in [5.41, 5.74) is 0.515. The number of H-pyrrole nitrogens is 1. The smallest absolute Gasteiger partial charge is 0.196 e. The average molecular weight is 272 g/mol. The van der Waals surface area contributed by atoms with Crippen molar-refractivity contribution in [1.29, 1.82) is 0 Å². The van der Waals surface area contributed by atoms with Crippen LogP contribution in [0.4, 0.5) is 0 Å². The molecule has 1 aromatic heterocycles. The summed E-state index contributed by atoms with van der Waals surface area (Å²) in [6.07, 6.45) is 0. The van der Waals surface area contributed by atoms with E-state index in [2.05, 4.69) is 15.2 Å². The van der Waals surface area contributed by atoms with E-state index >= 15 is 0 Å². The normalized spacial score (nSPS) is 10.5. The standard InChI is InChI=1S/C10H7Cl2N3O2/c1-4(16)9-13-10(15-14-9)5-2-6(11)8(17)7(12)3-5/h2-3,17H,1H3,(H,13,14,15). The number of benzene rings is 1. The van der Waals surface area contributed by atoms with Crippen molar-refractivity contribution >= 4 is 29.0 Å². The van der Waals surface area contributed by atoms with Crippen LogP contribution in [-0.2, 0) is 0 Å². The Bertz CT molecular complexity index is 572. The number of aromatic nitrogens is 3. The second kappa shape index (κ2) is 4.35. The van der Waals surface area contributed by atoms with Crippen molar-refractivity contribution in [2.45, 2.75) is 6.92 Å². The first kappa shape index (κ1) is 11.9. The number of aromatic hydroxyl groups is 1. The van der Waals surface area contributed by atoms with Crippen LogP contribution in [0.1, 0.15) is 17.5 Å². The zero-order chi connectivity index (χ0) is 12.6. The van der Waals surface area contributed by atoms with E-state index in [1.54, 1.807) is 0 Å². The highest BCUT2D eigenvalue weighted by molar-refractivity contribution is 6.37. The molecule has 7 heteroatoms. The molecule has 0 aliphatic rings. The number of Topliss-reactive ketones (excluding diaryl/α,β-unsaturated/α-hetero) is 1. The second-order valence-electron chi connectivity index (χ2n) is 3.35. The van der Waals surface area contributed by atoms with Gasteiger partial charge in [-0.2, -0.15) is 5.10 Å². The van der Waals surface area contributed by atoms with E-state index in [4.69, 9.17) is 23.2 Å². The van der Waals surface area contributed by atoms with Crippen molar-refractivity contribution in [1.82, 2.24) is 15.2 Å². The van der Waals surface area contributed by atoms with E-state index in [9.17, 15) is 9.90 Å². The molecule has 88 valence electrons. The molecular weight excluding hydrogens is 265 g/mol. The summed E-state index contributed by atoms with van der Waals surface area (Å²) in [6.45, 7) is 1.38. The lowest BCUT2D eigenvalue weighted by atomic mass is 10.2. The summed E-state index contributed by atoms with van der Waals surface area (Å²) in [5.74, 6) is 0.0263. The van der Waals surface area contributed by atoms with Gasteiger partial charge in [-0.25, -0.2) is 4.98 Å². The molecule has 5 nitrogen and oxygen atoms in total. The fraction of sp³-hybridized carbons (Fsp3) is 0.100. The number of nitrogens with zero attached hydrogens (tertiary/aromatic N) is 2. The van der Waals surface area contributed by atoms with Gasteiger partial charge in [-0.15, -0.1) is 0 Å². The van der Waals surface area contributed by atoms with Crippen LogP contribution < -0.4 is 0 Å². The third kappa shape index (κ3) is 2.25. The van der Waals surface area contributed by atoms with Gasteiger partial charge in [-0.1, -0.05) is 23.2 Å². The molecule has 0 aliphatic heterocycles. The summed E-state index contributed by atoms with van der Waals surface area (Å²) < 4.78 is 0. The molecule has 0 amide bonds.